The number of nitrogens with zero attached hydrogens (tertiary/aromatic N) is 1. The van der Waals surface area contributed by atoms with Gasteiger partial charge in [0.2, 0.25) is 5.95 Å². The molecule has 0 aliphatic heterocycles. The number of hydrogen-bond donors (Lipinski definition) is 3. The number of para-hydroxylation sites is 1. The van der Waals surface area contributed by atoms with Gasteiger partial charge in [-0.25, -0.2) is 4.98 Å². The van der Waals surface area contributed by atoms with E-state index in [9.17, 15) is 4.79 Å². The third kappa shape index (κ3) is 3.99. The molecule has 8 heteroatoms. The lowest BCUT2D eigenvalue weighted by Crippen LogP contribution is -2.11. The van der Waals surface area contributed by atoms with Crippen molar-refractivity contribution in [2.24, 2.45) is 0 Å². The normalized spacial score (nSPS) is 10.8. The Morgan fingerprint density at radius 3 is 2.50 bits per heavy atom. The van der Waals surface area contributed by atoms with Crippen LogP contribution in [0.3, 0.4) is 0 Å². The van der Waals surface area contributed by atoms with Gasteiger partial charge in [-0.2, -0.15) is 0 Å². The van der Waals surface area contributed by atoms with Gasteiger partial charge in [0, 0.05) is 15.7 Å². The highest BCUT2D eigenvalue weighted by molar-refractivity contribution is 9.10. The molecule has 3 aromatic carbocycles. The van der Waals surface area contributed by atoms with Crippen molar-refractivity contribution in [2.45, 2.75) is 0 Å². The Balaban J connectivity index is 1.58. The summed E-state index contributed by atoms with van der Waals surface area (Å²) in [5.74, 6) is 0.271. The van der Waals surface area contributed by atoms with Gasteiger partial charge in [-0.15, -0.1) is 0 Å². The van der Waals surface area contributed by atoms with Crippen LogP contribution in [0.15, 0.2) is 65.1 Å². The second-order valence-corrected chi connectivity index (χ2v) is 7.73. The molecule has 4 rings (SSSR count). The maximum absolute atomic E-state index is 12.5. The van der Waals surface area contributed by atoms with Crippen LogP contribution in [0.2, 0.25) is 10.0 Å². The minimum Gasteiger partial charge on any atom is -0.324 e. The molecule has 0 radical (unpaired) electrons. The Hall–Kier alpha value is -2.54. The van der Waals surface area contributed by atoms with E-state index in [4.69, 9.17) is 23.2 Å². The number of amides is 1. The first-order chi connectivity index (χ1) is 13.5. The number of H-pyrrole nitrogens is 1. The zero-order valence-corrected chi connectivity index (χ0v) is 17.4. The standard InChI is InChI=1S/C20H13BrCl2N4O/c21-12-3-1-4-13(10-12)24-19(28)11-7-8-16-17(9-11)26-20(25-16)27-18-14(22)5-2-6-15(18)23/h1-10H,(H,24,28)(H2,25,26,27). The van der Waals surface area contributed by atoms with Crippen molar-refractivity contribution < 1.29 is 4.79 Å². The molecule has 28 heavy (non-hydrogen) atoms. The summed E-state index contributed by atoms with van der Waals surface area (Å²) in [5, 5.41) is 6.94. The highest BCUT2D eigenvalue weighted by atomic mass is 79.9. The summed E-state index contributed by atoms with van der Waals surface area (Å²) in [5.41, 5.74) is 3.22. The van der Waals surface area contributed by atoms with Crippen LogP contribution in [0, 0.1) is 0 Å². The first-order valence-electron chi connectivity index (χ1n) is 8.27. The van der Waals surface area contributed by atoms with Gasteiger partial charge in [0.1, 0.15) is 0 Å². The highest BCUT2D eigenvalue weighted by Crippen LogP contribution is 2.32. The topological polar surface area (TPSA) is 69.8 Å². The zero-order chi connectivity index (χ0) is 19.7. The highest BCUT2D eigenvalue weighted by Gasteiger charge is 2.12. The molecule has 0 fully saturated rings. The number of nitrogens with one attached hydrogen (secondary N) is 3. The van der Waals surface area contributed by atoms with Crippen LogP contribution in [0.4, 0.5) is 17.3 Å². The number of fused-ring (bicyclic) bond motifs is 1. The van der Waals surface area contributed by atoms with E-state index < -0.39 is 0 Å². The molecular formula is C20H13BrCl2N4O. The smallest absolute Gasteiger partial charge is 0.255 e. The van der Waals surface area contributed by atoms with Gasteiger partial charge in [-0.05, 0) is 48.5 Å². The summed E-state index contributed by atoms with van der Waals surface area (Å²) in [6.07, 6.45) is 0. The van der Waals surface area contributed by atoms with E-state index in [1.54, 1.807) is 36.4 Å². The molecule has 0 unspecified atom stereocenters. The molecule has 1 amide bonds. The molecule has 3 N–H and O–H groups in total. The van der Waals surface area contributed by atoms with E-state index >= 15 is 0 Å². The maximum Gasteiger partial charge on any atom is 0.255 e. The molecule has 5 nitrogen and oxygen atoms in total. The van der Waals surface area contributed by atoms with Crippen molar-refractivity contribution >= 4 is 73.4 Å². The Bertz CT molecular complexity index is 1170. The zero-order valence-electron chi connectivity index (χ0n) is 14.3. The molecule has 140 valence electrons. The molecule has 0 aliphatic carbocycles. The van der Waals surface area contributed by atoms with Crippen molar-refractivity contribution in [2.75, 3.05) is 10.6 Å². The summed E-state index contributed by atoms with van der Waals surface area (Å²) in [4.78, 5) is 20.1. The van der Waals surface area contributed by atoms with Crippen LogP contribution in [-0.4, -0.2) is 15.9 Å². The molecule has 0 atom stereocenters. The van der Waals surface area contributed by atoms with Crippen LogP contribution in [0.5, 0.6) is 0 Å². The van der Waals surface area contributed by atoms with Crippen LogP contribution in [0.25, 0.3) is 11.0 Å². The van der Waals surface area contributed by atoms with E-state index in [0.717, 1.165) is 4.47 Å². The number of hydrogen-bond acceptors (Lipinski definition) is 3. The lowest BCUT2D eigenvalue weighted by Gasteiger charge is -2.07. The first kappa shape index (κ1) is 18.8. The van der Waals surface area contributed by atoms with Gasteiger partial charge in [0.15, 0.2) is 0 Å². The number of aromatic nitrogens is 2. The SMILES string of the molecule is O=C(Nc1cccc(Br)c1)c1ccc2nc(Nc3c(Cl)cccc3Cl)[nH]c2c1. The fourth-order valence-electron chi connectivity index (χ4n) is 2.72. The minimum atomic E-state index is -0.210. The van der Waals surface area contributed by atoms with Crippen molar-refractivity contribution in [3.05, 3.63) is 80.7 Å². The number of benzene rings is 3. The molecule has 4 aromatic rings. The average Bonchev–Trinajstić information content (AvgIpc) is 3.06. The molecule has 0 saturated carbocycles. The monoisotopic (exact) mass is 474 g/mol. The second-order valence-electron chi connectivity index (χ2n) is 6.00. The number of rotatable bonds is 4. The van der Waals surface area contributed by atoms with Gasteiger partial charge in [-0.1, -0.05) is 51.3 Å². The fourth-order valence-corrected chi connectivity index (χ4v) is 3.61. The van der Waals surface area contributed by atoms with Crippen molar-refractivity contribution in [1.82, 2.24) is 9.97 Å². The minimum absolute atomic E-state index is 0.210. The van der Waals surface area contributed by atoms with Crippen LogP contribution >= 0.6 is 39.1 Å². The number of carbonyl (C=O) groups is 1. The van der Waals surface area contributed by atoms with Crippen molar-refractivity contribution in [1.29, 1.82) is 0 Å². The number of aromatic amines is 1. The molecule has 0 bridgehead atoms. The van der Waals surface area contributed by atoms with Gasteiger partial charge in [0.05, 0.1) is 26.8 Å². The third-order valence-electron chi connectivity index (χ3n) is 4.03. The fraction of sp³-hybridized carbons (Fsp3) is 0. The summed E-state index contributed by atoms with van der Waals surface area (Å²) in [7, 11) is 0. The van der Waals surface area contributed by atoms with Crippen LogP contribution < -0.4 is 10.6 Å². The van der Waals surface area contributed by atoms with Gasteiger partial charge < -0.3 is 15.6 Å². The quantitative estimate of drug-likeness (QED) is 0.310. The van der Waals surface area contributed by atoms with E-state index in [1.165, 1.54) is 0 Å². The number of imidazole rings is 1. The van der Waals surface area contributed by atoms with Crippen LogP contribution in [0.1, 0.15) is 10.4 Å². The Morgan fingerprint density at radius 2 is 1.75 bits per heavy atom. The van der Waals surface area contributed by atoms with E-state index in [1.807, 2.05) is 24.3 Å². The van der Waals surface area contributed by atoms with Crippen molar-refractivity contribution in [3.8, 4) is 0 Å². The third-order valence-corrected chi connectivity index (χ3v) is 5.16. The molecule has 0 saturated heterocycles. The molecular weight excluding hydrogens is 463 g/mol. The number of halogens is 3. The maximum atomic E-state index is 12.5. The van der Waals surface area contributed by atoms with Gasteiger partial charge in [0.25, 0.3) is 5.91 Å². The summed E-state index contributed by atoms with van der Waals surface area (Å²) >= 11 is 15.8. The average molecular weight is 476 g/mol. The Labute approximate surface area is 179 Å². The molecule has 0 aliphatic rings. The Kier molecular flexibility index (Phi) is 5.26. The molecule has 1 aromatic heterocycles. The van der Waals surface area contributed by atoms with E-state index in [0.29, 0.717) is 44.0 Å². The summed E-state index contributed by atoms with van der Waals surface area (Å²) in [6.45, 7) is 0. The van der Waals surface area contributed by atoms with E-state index in [-0.39, 0.29) is 5.91 Å². The largest absolute Gasteiger partial charge is 0.324 e. The van der Waals surface area contributed by atoms with Gasteiger partial charge in [-0.3, -0.25) is 4.79 Å². The predicted molar refractivity (Wildman–Crippen MR) is 118 cm³/mol. The number of carbonyl (C=O) groups excluding carboxylic acids is 1. The summed E-state index contributed by atoms with van der Waals surface area (Å²) in [6, 6.07) is 17.9. The van der Waals surface area contributed by atoms with Gasteiger partial charge >= 0.3 is 0 Å². The van der Waals surface area contributed by atoms with E-state index in [2.05, 4.69) is 36.5 Å². The van der Waals surface area contributed by atoms with Crippen LogP contribution in [-0.2, 0) is 0 Å². The Morgan fingerprint density at radius 1 is 1.00 bits per heavy atom. The number of anilines is 3. The summed E-state index contributed by atoms with van der Waals surface area (Å²) < 4.78 is 0.892. The lowest BCUT2D eigenvalue weighted by molar-refractivity contribution is 0.102. The lowest BCUT2D eigenvalue weighted by atomic mass is 10.2. The first-order valence-corrected chi connectivity index (χ1v) is 9.82. The van der Waals surface area contributed by atoms with Crippen molar-refractivity contribution in [3.63, 3.8) is 0 Å². The molecule has 0 spiro atoms. The second kappa shape index (κ2) is 7.83. The predicted octanol–water partition coefficient (Wildman–Crippen LogP) is 6.63. The molecule has 1 heterocycles.